The Morgan fingerprint density at radius 1 is 1.50 bits per heavy atom. The SMILES string of the molecule is O=C1NC2=Nc3ccc(Cl)c(Cl)c3CN2[C@H]1CO. The zero-order valence-electron chi connectivity index (χ0n) is 9.15. The number of nitrogens with one attached hydrogen (secondary N) is 1. The fourth-order valence-corrected chi connectivity index (χ4v) is 2.53. The number of carbonyl (C=O) groups excluding carboxylic acids is 1. The van der Waals surface area contributed by atoms with Crippen LogP contribution in [0.3, 0.4) is 0 Å². The first-order valence-electron chi connectivity index (χ1n) is 5.35. The van der Waals surface area contributed by atoms with Crippen LogP contribution in [-0.2, 0) is 11.3 Å². The van der Waals surface area contributed by atoms with Crippen molar-refractivity contribution < 1.29 is 9.90 Å². The molecule has 1 atom stereocenters. The Labute approximate surface area is 113 Å². The van der Waals surface area contributed by atoms with E-state index in [-0.39, 0.29) is 12.5 Å². The molecule has 1 amide bonds. The second-order valence-electron chi connectivity index (χ2n) is 4.11. The van der Waals surface area contributed by atoms with E-state index in [2.05, 4.69) is 10.3 Å². The lowest BCUT2D eigenvalue weighted by molar-refractivity contribution is -0.122. The molecular weight excluding hydrogens is 277 g/mol. The van der Waals surface area contributed by atoms with Crippen LogP contribution in [-0.4, -0.2) is 34.5 Å². The molecule has 0 saturated carbocycles. The molecule has 0 aromatic heterocycles. The van der Waals surface area contributed by atoms with Crippen molar-refractivity contribution in [1.82, 2.24) is 10.2 Å². The zero-order chi connectivity index (χ0) is 12.9. The lowest BCUT2D eigenvalue weighted by atomic mass is 10.1. The standard InChI is InChI=1S/C11H9Cl2N3O2/c12-6-1-2-7-5(9(6)13)3-16-8(4-17)10(18)15-11(16)14-7/h1-2,8,17H,3-4H2,(H,14,15,18)/t8-/m0/s1. The number of hydrogen-bond donors (Lipinski definition) is 2. The summed E-state index contributed by atoms with van der Waals surface area (Å²) in [5.74, 6) is 0.191. The number of hydrogen-bond acceptors (Lipinski definition) is 4. The molecule has 0 radical (unpaired) electrons. The Morgan fingerprint density at radius 2 is 2.28 bits per heavy atom. The molecule has 1 aromatic carbocycles. The van der Waals surface area contributed by atoms with Crippen LogP contribution in [0.2, 0.25) is 10.0 Å². The largest absolute Gasteiger partial charge is 0.394 e. The molecule has 3 rings (SSSR count). The third kappa shape index (κ3) is 1.59. The molecule has 0 unspecified atom stereocenters. The molecule has 0 aliphatic carbocycles. The fourth-order valence-electron chi connectivity index (χ4n) is 2.14. The minimum Gasteiger partial charge on any atom is -0.394 e. The van der Waals surface area contributed by atoms with E-state index >= 15 is 0 Å². The van der Waals surface area contributed by atoms with Gasteiger partial charge in [0.1, 0.15) is 6.04 Å². The summed E-state index contributed by atoms with van der Waals surface area (Å²) in [6.45, 7) is 0.135. The van der Waals surface area contributed by atoms with Crippen molar-refractivity contribution in [2.24, 2.45) is 4.99 Å². The van der Waals surface area contributed by atoms with Gasteiger partial charge in [-0.1, -0.05) is 23.2 Å². The predicted molar refractivity (Wildman–Crippen MR) is 68.1 cm³/mol. The van der Waals surface area contributed by atoms with Crippen LogP contribution < -0.4 is 5.32 Å². The lowest BCUT2D eigenvalue weighted by Crippen LogP contribution is -2.39. The highest BCUT2D eigenvalue weighted by atomic mass is 35.5. The monoisotopic (exact) mass is 285 g/mol. The van der Waals surface area contributed by atoms with Crippen molar-refractivity contribution in [3.8, 4) is 0 Å². The van der Waals surface area contributed by atoms with Crippen molar-refractivity contribution in [1.29, 1.82) is 0 Å². The topological polar surface area (TPSA) is 64.9 Å². The van der Waals surface area contributed by atoms with Crippen LogP contribution in [0.5, 0.6) is 0 Å². The number of nitrogens with zero attached hydrogens (tertiary/aromatic N) is 2. The summed E-state index contributed by atoms with van der Waals surface area (Å²) in [7, 11) is 0. The maximum atomic E-state index is 11.6. The van der Waals surface area contributed by atoms with Gasteiger partial charge in [-0.3, -0.25) is 10.1 Å². The first kappa shape index (κ1) is 11.8. The molecule has 0 spiro atoms. The first-order valence-corrected chi connectivity index (χ1v) is 6.11. The Bertz CT molecular complexity index is 574. The summed E-state index contributed by atoms with van der Waals surface area (Å²) < 4.78 is 0. The molecule has 5 nitrogen and oxygen atoms in total. The van der Waals surface area contributed by atoms with Gasteiger partial charge in [0.2, 0.25) is 5.96 Å². The van der Waals surface area contributed by atoms with Crippen LogP contribution >= 0.6 is 23.2 Å². The quantitative estimate of drug-likeness (QED) is 0.817. The highest BCUT2D eigenvalue weighted by Gasteiger charge is 2.39. The molecule has 7 heteroatoms. The predicted octanol–water partition coefficient (Wildman–Crippen LogP) is 1.29. The lowest BCUT2D eigenvalue weighted by Gasteiger charge is -2.27. The summed E-state index contributed by atoms with van der Waals surface area (Å²) in [6.07, 6.45) is 0. The summed E-state index contributed by atoms with van der Waals surface area (Å²) >= 11 is 12.1. The van der Waals surface area contributed by atoms with E-state index in [0.717, 1.165) is 5.56 Å². The van der Waals surface area contributed by atoms with Crippen molar-refractivity contribution in [2.75, 3.05) is 6.61 Å². The third-order valence-corrected chi connectivity index (χ3v) is 3.93. The average Bonchev–Trinajstić information content (AvgIpc) is 2.66. The van der Waals surface area contributed by atoms with E-state index in [0.29, 0.717) is 28.2 Å². The van der Waals surface area contributed by atoms with E-state index in [1.54, 1.807) is 17.0 Å². The maximum absolute atomic E-state index is 11.6. The van der Waals surface area contributed by atoms with Crippen LogP contribution in [0, 0.1) is 0 Å². The summed E-state index contributed by atoms with van der Waals surface area (Å²) in [6, 6.07) is 2.81. The van der Waals surface area contributed by atoms with Crippen molar-refractivity contribution >= 4 is 40.8 Å². The van der Waals surface area contributed by atoms with Gasteiger partial charge in [-0.05, 0) is 12.1 Å². The van der Waals surface area contributed by atoms with E-state index < -0.39 is 6.04 Å². The number of aliphatic imine (C=N–C) groups is 1. The third-order valence-electron chi connectivity index (χ3n) is 3.09. The Kier molecular flexibility index (Phi) is 2.69. The van der Waals surface area contributed by atoms with Gasteiger partial charge in [-0.15, -0.1) is 0 Å². The molecule has 1 saturated heterocycles. The van der Waals surface area contributed by atoms with Crippen molar-refractivity contribution in [3.05, 3.63) is 27.7 Å². The highest BCUT2D eigenvalue weighted by molar-refractivity contribution is 6.42. The molecule has 2 aliphatic heterocycles. The second kappa shape index (κ2) is 4.12. The number of rotatable bonds is 1. The Balaban J connectivity index is 2.08. The fraction of sp³-hybridized carbons (Fsp3) is 0.273. The van der Waals surface area contributed by atoms with Gasteiger partial charge >= 0.3 is 0 Å². The van der Waals surface area contributed by atoms with E-state index in [1.807, 2.05) is 0 Å². The van der Waals surface area contributed by atoms with Crippen LogP contribution in [0.15, 0.2) is 17.1 Å². The molecule has 2 heterocycles. The molecule has 1 fully saturated rings. The average molecular weight is 286 g/mol. The number of benzene rings is 1. The molecule has 2 N–H and O–H groups in total. The number of guanidine groups is 1. The Morgan fingerprint density at radius 3 is 3.00 bits per heavy atom. The van der Waals surface area contributed by atoms with Gasteiger partial charge in [0.05, 0.1) is 28.9 Å². The van der Waals surface area contributed by atoms with Gasteiger partial charge in [-0.25, -0.2) is 4.99 Å². The van der Waals surface area contributed by atoms with Crippen LogP contribution in [0.1, 0.15) is 5.56 Å². The number of aliphatic hydroxyl groups excluding tert-OH is 1. The van der Waals surface area contributed by atoms with E-state index in [4.69, 9.17) is 23.2 Å². The molecule has 18 heavy (non-hydrogen) atoms. The Hall–Kier alpha value is -1.30. The molecule has 1 aromatic rings. The van der Waals surface area contributed by atoms with Crippen molar-refractivity contribution in [3.63, 3.8) is 0 Å². The number of halogens is 2. The van der Waals surface area contributed by atoms with Gasteiger partial charge in [0.25, 0.3) is 5.91 Å². The van der Waals surface area contributed by atoms with Gasteiger partial charge in [0.15, 0.2) is 0 Å². The summed E-state index contributed by atoms with van der Waals surface area (Å²) in [5.41, 5.74) is 1.46. The maximum Gasteiger partial charge on any atom is 0.251 e. The number of amides is 1. The van der Waals surface area contributed by atoms with E-state index in [1.165, 1.54) is 0 Å². The molecule has 0 bridgehead atoms. The molecular formula is C11H9Cl2N3O2. The smallest absolute Gasteiger partial charge is 0.251 e. The van der Waals surface area contributed by atoms with Crippen LogP contribution in [0.25, 0.3) is 0 Å². The second-order valence-corrected chi connectivity index (χ2v) is 4.90. The summed E-state index contributed by atoms with van der Waals surface area (Å²) in [4.78, 5) is 17.6. The van der Waals surface area contributed by atoms with E-state index in [9.17, 15) is 9.90 Å². The minimum absolute atomic E-state index is 0.258. The van der Waals surface area contributed by atoms with Crippen LogP contribution in [0.4, 0.5) is 5.69 Å². The zero-order valence-corrected chi connectivity index (χ0v) is 10.7. The number of carbonyl (C=O) groups is 1. The molecule has 94 valence electrons. The highest BCUT2D eigenvalue weighted by Crippen LogP contribution is 2.37. The number of aliphatic hydroxyl groups is 1. The van der Waals surface area contributed by atoms with Gasteiger partial charge < -0.3 is 10.0 Å². The summed E-state index contributed by atoms with van der Waals surface area (Å²) in [5, 5.41) is 12.8. The van der Waals surface area contributed by atoms with Gasteiger partial charge in [-0.2, -0.15) is 0 Å². The first-order chi connectivity index (χ1) is 8.61. The van der Waals surface area contributed by atoms with Gasteiger partial charge in [0, 0.05) is 5.56 Å². The minimum atomic E-state index is -0.619. The van der Waals surface area contributed by atoms with Crippen molar-refractivity contribution in [2.45, 2.75) is 12.6 Å². The number of fused-ring (bicyclic) bond motifs is 2. The molecule has 2 aliphatic rings. The normalized spacial score (nSPS) is 21.3.